The molecule has 3 heteroatoms. The van der Waals surface area contributed by atoms with Crippen molar-refractivity contribution in [3.8, 4) is 11.1 Å². The van der Waals surface area contributed by atoms with Gasteiger partial charge in [0.15, 0.2) is 0 Å². The van der Waals surface area contributed by atoms with Gasteiger partial charge in [-0.15, -0.1) is 0 Å². The summed E-state index contributed by atoms with van der Waals surface area (Å²) >= 11 is 0. The topological polar surface area (TPSA) is 38.3 Å². The van der Waals surface area contributed by atoms with E-state index in [1.165, 1.54) is 11.1 Å². The highest BCUT2D eigenvalue weighted by atomic mass is 16.6. The number of carbonyl (C=O) groups is 1. The highest BCUT2D eigenvalue weighted by Crippen LogP contribution is 2.24. The number of amides is 1. The van der Waals surface area contributed by atoms with Crippen molar-refractivity contribution in [1.29, 1.82) is 0 Å². The van der Waals surface area contributed by atoms with Gasteiger partial charge in [-0.25, -0.2) is 4.79 Å². The second-order valence-electron chi connectivity index (χ2n) is 6.24. The number of rotatable bonds is 4. The van der Waals surface area contributed by atoms with Crippen molar-refractivity contribution in [1.82, 2.24) is 5.32 Å². The van der Waals surface area contributed by atoms with Gasteiger partial charge in [0.2, 0.25) is 0 Å². The molecule has 0 atom stereocenters. The lowest BCUT2D eigenvalue weighted by Crippen LogP contribution is -2.32. The van der Waals surface area contributed by atoms with Gasteiger partial charge in [-0.2, -0.15) is 0 Å². The van der Waals surface area contributed by atoms with Gasteiger partial charge in [0.25, 0.3) is 0 Å². The number of hydrogen-bond donors (Lipinski definition) is 1. The SMILES string of the molecule is CC(C)(C)OC(=O)NCC=Cc1ccccc1-c1ccccc1. The lowest BCUT2D eigenvalue weighted by atomic mass is 9.99. The van der Waals surface area contributed by atoms with Gasteiger partial charge in [0.1, 0.15) is 5.60 Å². The van der Waals surface area contributed by atoms with E-state index in [0.29, 0.717) is 6.54 Å². The van der Waals surface area contributed by atoms with Crippen molar-refractivity contribution >= 4 is 12.2 Å². The van der Waals surface area contributed by atoms with E-state index < -0.39 is 11.7 Å². The van der Waals surface area contributed by atoms with Gasteiger partial charge < -0.3 is 10.1 Å². The zero-order valence-electron chi connectivity index (χ0n) is 13.9. The van der Waals surface area contributed by atoms with Crippen molar-refractivity contribution in [2.75, 3.05) is 6.54 Å². The number of alkyl carbamates (subject to hydrolysis) is 1. The monoisotopic (exact) mass is 309 g/mol. The summed E-state index contributed by atoms with van der Waals surface area (Å²) in [5.74, 6) is 0. The van der Waals surface area contributed by atoms with Gasteiger partial charge >= 0.3 is 6.09 Å². The minimum Gasteiger partial charge on any atom is -0.444 e. The van der Waals surface area contributed by atoms with E-state index in [1.54, 1.807) is 0 Å². The maximum Gasteiger partial charge on any atom is 0.407 e. The number of carbonyl (C=O) groups excluding carboxylic acids is 1. The Balaban J connectivity index is 2.00. The second kappa shape index (κ2) is 7.63. The maximum atomic E-state index is 11.6. The van der Waals surface area contributed by atoms with E-state index in [9.17, 15) is 4.79 Å². The third kappa shape index (κ3) is 5.62. The molecule has 2 rings (SSSR count). The molecular weight excluding hydrogens is 286 g/mol. The van der Waals surface area contributed by atoms with E-state index in [-0.39, 0.29) is 0 Å². The number of ether oxygens (including phenoxy) is 1. The van der Waals surface area contributed by atoms with E-state index in [2.05, 4.69) is 29.6 Å². The molecule has 1 N–H and O–H groups in total. The molecule has 0 saturated carbocycles. The van der Waals surface area contributed by atoms with Crippen molar-refractivity contribution in [3.05, 3.63) is 66.2 Å². The molecule has 0 aliphatic rings. The zero-order chi connectivity index (χ0) is 16.7. The molecule has 2 aromatic carbocycles. The Labute approximate surface area is 138 Å². The Morgan fingerprint density at radius 3 is 2.39 bits per heavy atom. The lowest BCUT2D eigenvalue weighted by molar-refractivity contribution is 0.0534. The molecule has 0 unspecified atom stereocenters. The lowest BCUT2D eigenvalue weighted by Gasteiger charge is -2.19. The van der Waals surface area contributed by atoms with Crippen LogP contribution in [-0.4, -0.2) is 18.2 Å². The normalized spacial score (nSPS) is 11.4. The molecule has 0 aliphatic heterocycles. The smallest absolute Gasteiger partial charge is 0.407 e. The number of benzene rings is 2. The van der Waals surface area contributed by atoms with Crippen LogP contribution in [0.3, 0.4) is 0 Å². The fraction of sp³-hybridized carbons (Fsp3) is 0.250. The largest absolute Gasteiger partial charge is 0.444 e. The molecular formula is C20H23NO2. The number of hydrogen-bond acceptors (Lipinski definition) is 2. The van der Waals surface area contributed by atoms with Crippen molar-refractivity contribution < 1.29 is 9.53 Å². The quantitative estimate of drug-likeness (QED) is 0.873. The molecule has 0 aliphatic carbocycles. The first-order chi connectivity index (χ1) is 11.0. The highest BCUT2D eigenvalue weighted by Gasteiger charge is 2.14. The summed E-state index contributed by atoms with van der Waals surface area (Å²) in [6, 6.07) is 18.4. The van der Waals surface area contributed by atoms with Crippen LogP contribution >= 0.6 is 0 Å². The fourth-order valence-corrected chi connectivity index (χ4v) is 2.17. The van der Waals surface area contributed by atoms with Crippen molar-refractivity contribution in [2.45, 2.75) is 26.4 Å². The summed E-state index contributed by atoms with van der Waals surface area (Å²) in [4.78, 5) is 11.6. The summed E-state index contributed by atoms with van der Waals surface area (Å²) in [7, 11) is 0. The molecule has 0 spiro atoms. The Kier molecular flexibility index (Phi) is 5.58. The van der Waals surface area contributed by atoms with E-state index in [4.69, 9.17) is 4.74 Å². The van der Waals surface area contributed by atoms with Gasteiger partial charge in [-0.05, 0) is 37.5 Å². The van der Waals surface area contributed by atoms with Crippen LogP contribution in [0.2, 0.25) is 0 Å². The summed E-state index contributed by atoms with van der Waals surface area (Å²) < 4.78 is 5.20. The molecule has 0 fully saturated rings. The van der Waals surface area contributed by atoms with E-state index >= 15 is 0 Å². The van der Waals surface area contributed by atoms with Crippen LogP contribution in [0.4, 0.5) is 4.79 Å². The fourth-order valence-electron chi connectivity index (χ4n) is 2.17. The van der Waals surface area contributed by atoms with Gasteiger partial charge in [-0.1, -0.05) is 66.7 Å². The molecule has 0 heterocycles. The van der Waals surface area contributed by atoms with Crippen LogP contribution in [0, 0.1) is 0 Å². The predicted molar refractivity (Wildman–Crippen MR) is 95.1 cm³/mol. The van der Waals surface area contributed by atoms with Crippen LogP contribution in [0.15, 0.2) is 60.7 Å². The average molecular weight is 309 g/mol. The summed E-state index contributed by atoms with van der Waals surface area (Å²) in [5.41, 5.74) is 2.98. The first-order valence-electron chi connectivity index (χ1n) is 7.73. The third-order valence-electron chi connectivity index (χ3n) is 3.11. The third-order valence-corrected chi connectivity index (χ3v) is 3.11. The standard InChI is InChI=1S/C20H23NO2/c1-20(2,3)23-19(22)21-15-9-13-17-12-7-8-14-18(17)16-10-5-4-6-11-16/h4-14H,15H2,1-3H3,(H,21,22). The molecule has 0 aromatic heterocycles. The highest BCUT2D eigenvalue weighted by molar-refractivity contribution is 5.75. The molecule has 3 nitrogen and oxygen atoms in total. The molecule has 23 heavy (non-hydrogen) atoms. The predicted octanol–water partition coefficient (Wildman–Crippen LogP) is 4.89. The number of nitrogens with one attached hydrogen (secondary N) is 1. The van der Waals surface area contributed by atoms with Crippen LogP contribution in [-0.2, 0) is 4.74 Å². The molecule has 2 aromatic rings. The van der Waals surface area contributed by atoms with Crippen LogP contribution in [0.1, 0.15) is 26.3 Å². The van der Waals surface area contributed by atoms with Gasteiger partial charge in [0, 0.05) is 6.54 Å². The molecule has 120 valence electrons. The van der Waals surface area contributed by atoms with E-state index in [0.717, 1.165) is 5.56 Å². The summed E-state index contributed by atoms with van der Waals surface area (Å²) in [5, 5.41) is 2.72. The Morgan fingerprint density at radius 1 is 1.04 bits per heavy atom. The summed E-state index contributed by atoms with van der Waals surface area (Å²) in [6.45, 7) is 5.97. The molecule has 0 bridgehead atoms. The van der Waals surface area contributed by atoms with Crippen molar-refractivity contribution in [2.24, 2.45) is 0 Å². The van der Waals surface area contributed by atoms with Crippen LogP contribution < -0.4 is 5.32 Å². The molecule has 0 radical (unpaired) electrons. The zero-order valence-corrected chi connectivity index (χ0v) is 13.9. The molecule has 1 amide bonds. The van der Waals surface area contributed by atoms with Crippen molar-refractivity contribution in [3.63, 3.8) is 0 Å². The maximum absolute atomic E-state index is 11.6. The summed E-state index contributed by atoms with van der Waals surface area (Å²) in [6.07, 6.45) is 3.53. The van der Waals surface area contributed by atoms with Crippen LogP contribution in [0.5, 0.6) is 0 Å². The van der Waals surface area contributed by atoms with Crippen LogP contribution in [0.25, 0.3) is 17.2 Å². The van der Waals surface area contributed by atoms with Gasteiger partial charge in [0.05, 0.1) is 0 Å². The second-order valence-corrected chi connectivity index (χ2v) is 6.24. The Hall–Kier alpha value is -2.55. The minimum atomic E-state index is -0.478. The van der Waals surface area contributed by atoms with Gasteiger partial charge in [-0.3, -0.25) is 0 Å². The molecule has 0 saturated heterocycles. The first-order valence-corrected chi connectivity index (χ1v) is 7.73. The Morgan fingerprint density at radius 2 is 1.70 bits per heavy atom. The average Bonchev–Trinajstić information content (AvgIpc) is 2.51. The Bertz CT molecular complexity index is 670. The first kappa shape index (κ1) is 16.8. The minimum absolute atomic E-state index is 0.404. The van der Waals surface area contributed by atoms with E-state index in [1.807, 2.05) is 63.3 Å².